The molecule has 2 atom stereocenters. The summed E-state index contributed by atoms with van der Waals surface area (Å²) in [4.78, 5) is 0. The standard InChI is InChI=1S/C12H17N/c1-9-3-2-4-10(7-9)11-5-6-12(13)8-11/h2-4,7,11-12H,5-6,8,13H2,1H3. The first-order valence-electron chi connectivity index (χ1n) is 5.08. The molecular weight excluding hydrogens is 158 g/mol. The third-order valence-corrected chi connectivity index (χ3v) is 2.99. The Balaban J connectivity index is 2.16. The van der Waals surface area contributed by atoms with E-state index in [-0.39, 0.29) is 0 Å². The van der Waals surface area contributed by atoms with Crippen LogP contribution in [-0.2, 0) is 0 Å². The molecule has 0 aliphatic heterocycles. The van der Waals surface area contributed by atoms with Crippen molar-refractivity contribution in [2.75, 3.05) is 0 Å². The van der Waals surface area contributed by atoms with Crippen molar-refractivity contribution in [3.05, 3.63) is 35.4 Å². The first-order valence-corrected chi connectivity index (χ1v) is 5.08. The van der Waals surface area contributed by atoms with Gasteiger partial charge in [-0.25, -0.2) is 0 Å². The topological polar surface area (TPSA) is 26.0 Å². The van der Waals surface area contributed by atoms with E-state index >= 15 is 0 Å². The van der Waals surface area contributed by atoms with E-state index in [4.69, 9.17) is 5.73 Å². The summed E-state index contributed by atoms with van der Waals surface area (Å²) in [5.41, 5.74) is 8.74. The van der Waals surface area contributed by atoms with E-state index in [1.54, 1.807) is 0 Å². The van der Waals surface area contributed by atoms with Crippen LogP contribution in [0.3, 0.4) is 0 Å². The third kappa shape index (κ3) is 1.92. The van der Waals surface area contributed by atoms with E-state index in [9.17, 15) is 0 Å². The molecule has 0 aromatic heterocycles. The van der Waals surface area contributed by atoms with Crippen LogP contribution in [0.25, 0.3) is 0 Å². The molecule has 0 saturated heterocycles. The van der Waals surface area contributed by atoms with Crippen molar-refractivity contribution in [3.8, 4) is 0 Å². The van der Waals surface area contributed by atoms with E-state index in [1.807, 2.05) is 0 Å². The van der Waals surface area contributed by atoms with Crippen molar-refractivity contribution in [2.45, 2.75) is 38.1 Å². The second-order valence-electron chi connectivity index (χ2n) is 4.18. The summed E-state index contributed by atoms with van der Waals surface area (Å²) in [6, 6.07) is 9.26. The van der Waals surface area contributed by atoms with Crippen LogP contribution in [-0.4, -0.2) is 6.04 Å². The Kier molecular flexibility index (Phi) is 2.36. The molecule has 0 amide bonds. The molecule has 1 aliphatic rings. The SMILES string of the molecule is Cc1cccc(C2CCC(N)C2)c1. The highest BCUT2D eigenvalue weighted by atomic mass is 14.6. The summed E-state index contributed by atoms with van der Waals surface area (Å²) in [7, 11) is 0. The molecule has 1 aromatic carbocycles. The highest BCUT2D eigenvalue weighted by molar-refractivity contribution is 5.26. The third-order valence-electron chi connectivity index (χ3n) is 2.99. The van der Waals surface area contributed by atoms with Gasteiger partial charge in [0.2, 0.25) is 0 Å². The van der Waals surface area contributed by atoms with Crippen LogP contribution >= 0.6 is 0 Å². The summed E-state index contributed by atoms with van der Waals surface area (Å²) in [6.45, 7) is 2.15. The van der Waals surface area contributed by atoms with Crippen LogP contribution in [0.15, 0.2) is 24.3 Å². The van der Waals surface area contributed by atoms with Crippen molar-refractivity contribution < 1.29 is 0 Å². The molecule has 0 heterocycles. The number of rotatable bonds is 1. The summed E-state index contributed by atoms with van der Waals surface area (Å²) in [5, 5.41) is 0. The fourth-order valence-electron chi connectivity index (χ4n) is 2.24. The maximum absolute atomic E-state index is 5.90. The van der Waals surface area contributed by atoms with Gasteiger partial charge in [0.1, 0.15) is 0 Å². The maximum atomic E-state index is 5.90. The highest BCUT2D eigenvalue weighted by Crippen LogP contribution is 2.33. The van der Waals surface area contributed by atoms with Crippen molar-refractivity contribution in [1.29, 1.82) is 0 Å². The van der Waals surface area contributed by atoms with E-state index in [2.05, 4.69) is 31.2 Å². The molecule has 0 bridgehead atoms. The predicted molar refractivity (Wildman–Crippen MR) is 55.7 cm³/mol. The highest BCUT2D eigenvalue weighted by Gasteiger charge is 2.22. The molecule has 2 N–H and O–H groups in total. The summed E-state index contributed by atoms with van der Waals surface area (Å²) < 4.78 is 0. The lowest BCUT2D eigenvalue weighted by molar-refractivity contribution is 0.674. The minimum absolute atomic E-state index is 0.436. The average Bonchev–Trinajstić information content (AvgIpc) is 2.52. The smallest absolute Gasteiger partial charge is 0.00448 e. The molecule has 1 aliphatic carbocycles. The molecule has 0 radical (unpaired) electrons. The Morgan fingerprint density at radius 2 is 2.15 bits per heavy atom. The van der Waals surface area contributed by atoms with E-state index in [0.29, 0.717) is 6.04 Å². The van der Waals surface area contributed by atoms with E-state index in [0.717, 1.165) is 5.92 Å². The monoisotopic (exact) mass is 175 g/mol. The van der Waals surface area contributed by atoms with Gasteiger partial charge in [0.05, 0.1) is 0 Å². The lowest BCUT2D eigenvalue weighted by Gasteiger charge is -2.10. The number of hydrogen-bond donors (Lipinski definition) is 1. The molecule has 1 heteroatoms. The lowest BCUT2D eigenvalue weighted by Crippen LogP contribution is -2.14. The Morgan fingerprint density at radius 1 is 1.31 bits per heavy atom. The van der Waals surface area contributed by atoms with Crippen molar-refractivity contribution in [2.24, 2.45) is 5.73 Å². The van der Waals surface area contributed by atoms with Gasteiger partial charge < -0.3 is 5.73 Å². The zero-order valence-corrected chi connectivity index (χ0v) is 8.16. The Morgan fingerprint density at radius 3 is 2.77 bits per heavy atom. The minimum atomic E-state index is 0.436. The number of hydrogen-bond acceptors (Lipinski definition) is 1. The first kappa shape index (κ1) is 8.76. The van der Waals surface area contributed by atoms with Crippen LogP contribution in [0, 0.1) is 6.92 Å². The van der Waals surface area contributed by atoms with Crippen molar-refractivity contribution in [3.63, 3.8) is 0 Å². The van der Waals surface area contributed by atoms with Crippen LogP contribution < -0.4 is 5.73 Å². The van der Waals surface area contributed by atoms with Crippen LogP contribution in [0.2, 0.25) is 0 Å². The second kappa shape index (κ2) is 3.51. The van der Waals surface area contributed by atoms with Gasteiger partial charge in [-0.3, -0.25) is 0 Å². The van der Waals surface area contributed by atoms with E-state index < -0.39 is 0 Å². The summed E-state index contributed by atoms with van der Waals surface area (Å²) >= 11 is 0. The molecule has 1 nitrogen and oxygen atoms in total. The summed E-state index contributed by atoms with van der Waals surface area (Å²) in [6.07, 6.45) is 3.63. The van der Waals surface area contributed by atoms with Gasteiger partial charge in [-0.1, -0.05) is 29.8 Å². The van der Waals surface area contributed by atoms with E-state index in [1.165, 1.54) is 30.4 Å². The van der Waals surface area contributed by atoms with Crippen LogP contribution in [0.4, 0.5) is 0 Å². The molecule has 13 heavy (non-hydrogen) atoms. The Hall–Kier alpha value is -0.820. The van der Waals surface area contributed by atoms with Gasteiger partial charge in [-0.15, -0.1) is 0 Å². The Labute approximate surface area is 80.0 Å². The maximum Gasteiger partial charge on any atom is 0.00448 e. The molecule has 0 spiro atoms. The van der Waals surface area contributed by atoms with Crippen LogP contribution in [0.1, 0.15) is 36.3 Å². The molecular formula is C12H17N. The zero-order chi connectivity index (χ0) is 9.26. The number of benzene rings is 1. The molecule has 2 unspecified atom stereocenters. The number of aryl methyl sites for hydroxylation is 1. The zero-order valence-electron chi connectivity index (χ0n) is 8.16. The largest absolute Gasteiger partial charge is 0.328 e. The summed E-state index contributed by atoms with van der Waals surface area (Å²) in [5.74, 6) is 0.717. The molecule has 2 rings (SSSR count). The molecule has 1 saturated carbocycles. The fraction of sp³-hybridized carbons (Fsp3) is 0.500. The quantitative estimate of drug-likeness (QED) is 0.697. The second-order valence-corrected chi connectivity index (χ2v) is 4.18. The fourth-order valence-corrected chi connectivity index (χ4v) is 2.24. The molecule has 1 fully saturated rings. The van der Waals surface area contributed by atoms with Crippen LogP contribution in [0.5, 0.6) is 0 Å². The average molecular weight is 175 g/mol. The molecule has 70 valence electrons. The normalized spacial score (nSPS) is 27.8. The Bertz CT molecular complexity index is 293. The lowest BCUT2D eigenvalue weighted by atomic mass is 9.96. The van der Waals surface area contributed by atoms with Gasteiger partial charge in [0.15, 0.2) is 0 Å². The molecule has 1 aromatic rings. The van der Waals surface area contributed by atoms with Crippen molar-refractivity contribution >= 4 is 0 Å². The predicted octanol–water partition coefficient (Wildman–Crippen LogP) is 2.59. The van der Waals surface area contributed by atoms with Gasteiger partial charge >= 0.3 is 0 Å². The van der Waals surface area contributed by atoms with Crippen molar-refractivity contribution in [1.82, 2.24) is 0 Å². The minimum Gasteiger partial charge on any atom is -0.328 e. The van der Waals surface area contributed by atoms with Gasteiger partial charge in [0.25, 0.3) is 0 Å². The number of nitrogens with two attached hydrogens (primary N) is 1. The first-order chi connectivity index (χ1) is 6.25. The van der Waals surface area contributed by atoms with Gasteiger partial charge in [-0.05, 0) is 37.7 Å². The van der Waals surface area contributed by atoms with Gasteiger partial charge in [0, 0.05) is 6.04 Å². The van der Waals surface area contributed by atoms with Gasteiger partial charge in [-0.2, -0.15) is 0 Å².